The summed E-state index contributed by atoms with van der Waals surface area (Å²) in [6, 6.07) is 0. The fourth-order valence-corrected chi connectivity index (χ4v) is 11.3. The van der Waals surface area contributed by atoms with Gasteiger partial charge in [-0.3, -0.25) is 14.4 Å². The molecule has 0 bridgehead atoms. The molecule has 0 aliphatic carbocycles. The standard InChI is InChI=1S/C71H138O6/c1-4-7-10-13-16-19-22-25-26-27-28-29-30-31-32-33-34-35-36-37-38-39-40-41-42-43-44-45-46-47-50-52-55-58-61-64-70(73)76-67-68(77-71(74)65-62-59-56-53-49-24-21-18-15-12-9-6-3)66-75-69(72)63-60-57-54-51-48-23-20-17-14-11-8-5-2/h68H,4-67H2,1-3H3. The summed E-state index contributed by atoms with van der Waals surface area (Å²) in [4.78, 5) is 38.2. The molecule has 0 aromatic rings. The first kappa shape index (κ1) is 75.4. The lowest BCUT2D eigenvalue weighted by atomic mass is 10.0. The zero-order valence-corrected chi connectivity index (χ0v) is 52.8. The number of hydrogen-bond acceptors (Lipinski definition) is 6. The van der Waals surface area contributed by atoms with Gasteiger partial charge in [0.25, 0.3) is 0 Å². The van der Waals surface area contributed by atoms with E-state index in [9.17, 15) is 14.4 Å². The summed E-state index contributed by atoms with van der Waals surface area (Å²) in [7, 11) is 0. The molecule has 0 aromatic carbocycles. The topological polar surface area (TPSA) is 78.9 Å². The van der Waals surface area contributed by atoms with Gasteiger partial charge in [0.05, 0.1) is 0 Å². The van der Waals surface area contributed by atoms with Crippen LogP contribution in [0.5, 0.6) is 0 Å². The Labute approximate surface area is 482 Å². The van der Waals surface area contributed by atoms with Crippen LogP contribution < -0.4 is 0 Å². The van der Waals surface area contributed by atoms with Crippen LogP contribution in [-0.4, -0.2) is 37.2 Å². The Morgan fingerprint density at radius 3 is 0.519 bits per heavy atom. The zero-order valence-electron chi connectivity index (χ0n) is 52.8. The summed E-state index contributed by atoms with van der Waals surface area (Å²) in [5.74, 6) is -0.829. The number of hydrogen-bond donors (Lipinski definition) is 0. The van der Waals surface area contributed by atoms with Gasteiger partial charge in [0.15, 0.2) is 6.10 Å². The molecule has 1 unspecified atom stereocenters. The van der Waals surface area contributed by atoms with Gasteiger partial charge in [0, 0.05) is 19.3 Å². The summed E-state index contributed by atoms with van der Waals surface area (Å²) >= 11 is 0. The minimum Gasteiger partial charge on any atom is -0.462 e. The van der Waals surface area contributed by atoms with E-state index in [2.05, 4.69) is 20.8 Å². The summed E-state index contributed by atoms with van der Waals surface area (Å²) in [6.07, 6.45) is 78.8. The summed E-state index contributed by atoms with van der Waals surface area (Å²) < 4.78 is 16.9. The maximum atomic E-state index is 12.8. The first-order valence-corrected chi connectivity index (χ1v) is 35.5. The number of carbonyl (C=O) groups excluding carboxylic acids is 3. The molecule has 6 heteroatoms. The fourth-order valence-electron chi connectivity index (χ4n) is 11.3. The highest BCUT2D eigenvalue weighted by atomic mass is 16.6. The minimum atomic E-state index is -0.761. The van der Waals surface area contributed by atoms with Gasteiger partial charge >= 0.3 is 17.9 Å². The van der Waals surface area contributed by atoms with Crippen LogP contribution in [0.4, 0.5) is 0 Å². The molecule has 0 saturated heterocycles. The molecular formula is C71H138O6. The fraction of sp³-hybridized carbons (Fsp3) is 0.958. The Morgan fingerprint density at radius 2 is 0.351 bits per heavy atom. The van der Waals surface area contributed by atoms with Crippen molar-refractivity contribution in [3.05, 3.63) is 0 Å². The average Bonchev–Trinajstić information content (AvgIpc) is 3.43. The van der Waals surface area contributed by atoms with E-state index >= 15 is 0 Å². The van der Waals surface area contributed by atoms with Crippen molar-refractivity contribution in [2.24, 2.45) is 0 Å². The first-order valence-electron chi connectivity index (χ1n) is 35.5. The molecule has 0 amide bonds. The van der Waals surface area contributed by atoms with Crippen molar-refractivity contribution >= 4 is 17.9 Å². The van der Waals surface area contributed by atoms with E-state index in [1.54, 1.807) is 0 Å². The van der Waals surface area contributed by atoms with Gasteiger partial charge in [0.1, 0.15) is 13.2 Å². The second-order valence-corrected chi connectivity index (χ2v) is 24.5. The molecule has 0 radical (unpaired) electrons. The molecule has 458 valence electrons. The molecular weight excluding hydrogens is 949 g/mol. The van der Waals surface area contributed by atoms with E-state index in [1.165, 1.54) is 321 Å². The van der Waals surface area contributed by atoms with Crippen LogP contribution in [0.25, 0.3) is 0 Å². The monoisotopic (exact) mass is 1090 g/mol. The van der Waals surface area contributed by atoms with Gasteiger partial charge in [-0.2, -0.15) is 0 Å². The molecule has 0 aromatic heterocycles. The van der Waals surface area contributed by atoms with E-state index in [1.807, 2.05) is 0 Å². The lowest BCUT2D eigenvalue weighted by molar-refractivity contribution is -0.167. The van der Waals surface area contributed by atoms with Crippen LogP contribution in [-0.2, 0) is 28.6 Å². The Bertz CT molecular complexity index is 1160. The van der Waals surface area contributed by atoms with Crippen LogP contribution in [0.3, 0.4) is 0 Å². The second-order valence-electron chi connectivity index (χ2n) is 24.5. The molecule has 0 spiro atoms. The normalized spacial score (nSPS) is 11.9. The zero-order chi connectivity index (χ0) is 55.7. The van der Waals surface area contributed by atoms with E-state index in [4.69, 9.17) is 14.2 Å². The lowest BCUT2D eigenvalue weighted by Crippen LogP contribution is -2.30. The summed E-state index contributed by atoms with van der Waals surface area (Å²) in [5, 5.41) is 0. The molecule has 77 heavy (non-hydrogen) atoms. The Morgan fingerprint density at radius 1 is 0.208 bits per heavy atom. The molecule has 0 N–H and O–H groups in total. The maximum absolute atomic E-state index is 12.8. The molecule has 0 saturated carbocycles. The quantitative estimate of drug-likeness (QED) is 0.0343. The van der Waals surface area contributed by atoms with Crippen LogP contribution in [0, 0.1) is 0 Å². The molecule has 1 atom stereocenters. The van der Waals surface area contributed by atoms with Crippen molar-refractivity contribution in [2.75, 3.05) is 13.2 Å². The van der Waals surface area contributed by atoms with Crippen molar-refractivity contribution in [1.82, 2.24) is 0 Å². The molecule has 0 aliphatic heterocycles. The number of rotatable bonds is 67. The highest BCUT2D eigenvalue weighted by molar-refractivity contribution is 5.71. The van der Waals surface area contributed by atoms with Crippen molar-refractivity contribution in [3.8, 4) is 0 Å². The predicted octanol–water partition coefficient (Wildman–Crippen LogP) is 24.2. The Balaban J connectivity index is 3.93. The van der Waals surface area contributed by atoms with Gasteiger partial charge in [-0.25, -0.2) is 0 Å². The van der Waals surface area contributed by atoms with Crippen LogP contribution in [0.1, 0.15) is 419 Å². The van der Waals surface area contributed by atoms with E-state index in [0.717, 1.165) is 57.8 Å². The summed E-state index contributed by atoms with van der Waals surface area (Å²) in [6.45, 7) is 6.71. The van der Waals surface area contributed by atoms with E-state index in [-0.39, 0.29) is 31.1 Å². The van der Waals surface area contributed by atoms with Gasteiger partial charge in [0.2, 0.25) is 0 Å². The first-order chi connectivity index (χ1) is 38.0. The minimum absolute atomic E-state index is 0.0609. The highest BCUT2D eigenvalue weighted by Crippen LogP contribution is 2.20. The molecule has 0 aliphatic rings. The average molecular weight is 1090 g/mol. The van der Waals surface area contributed by atoms with Gasteiger partial charge in [-0.1, -0.05) is 380 Å². The van der Waals surface area contributed by atoms with Crippen molar-refractivity contribution in [3.63, 3.8) is 0 Å². The summed E-state index contributed by atoms with van der Waals surface area (Å²) in [5.41, 5.74) is 0. The van der Waals surface area contributed by atoms with Crippen molar-refractivity contribution < 1.29 is 28.6 Å². The third-order valence-electron chi connectivity index (χ3n) is 16.6. The molecule has 0 rings (SSSR count). The molecule has 0 heterocycles. The molecule has 6 nitrogen and oxygen atoms in total. The van der Waals surface area contributed by atoms with E-state index in [0.29, 0.717) is 19.3 Å². The lowest BCUT2D eigenvalue weighted by Gasteiger charge is -2.18. The van der Waals surface area contributed by atoms with Gasteiger partial charge in [-0.05, 0) is 19.3 Å². The molecule has 0 fully saturated rings. The van der Waals surface area contributed by atoms with E-state index < -0.39 is 6.10 Å². The highest BCUT2D eigenvalue weighted by Gasteiger charge is 2.19. The number of unbranched alkanes of at least 4 members (excludes halogenated alkanes) is 56. The van der Waals surface area contributed by atoms with Crippen LogP contribution >= 0.6 is 0 Å². The third-order valence-corrected chi connectivity index (χ3v) is 16.6. The van der Waals surface area contributed by atoms with Crippen LogP contribution in [0.15, 0.2) is 0 Å². The largest absolute Gasteiger partial charge is 0.462 e. The number of esters is 3. The Kier molecular flexibility index (Phi) is 65.5. The van der Waals surface area contributed by atoms with Crippen LogP contribution in [0.2, 0.25) is 0 Å². The predicted molar refractivity (Wildman–Crippen MR) is 335 cm³/mol. The van der Waals surface area contributed by atoms with Gasteiger partial charge < -0.3 is 14.2 Å². The van der Waals surface area contributed by atoms with Crippen molar-refractivity contribution in [2.45, 2.75) is 425 Å². The second kappa shape index (κ2) is 66.9. The van der Waals surface area contributed by atoms with Gasteiger partial charge in [-0.15, -0.1) is 0 Å². The third kappa shape index (κ3) is 65.1. The Hall–Kier alpha value is -1.59. The van der Waals surface area contributed by atoms with Crippen molar-refractivity contribution in [1.29, 1.82) is 0 Å². The number of ether oxygens (including phenoxy) is 3. The number of carbonyl (C=O) groups is 3. The smallest absolute Gasteiger partial charge is 0.306 e. The maximum Gasteiger partial charge on any atom is 0.306 e. The SMILES string of the molecule is CCCCCCCCCCCCCCCCCCCCCCCCCCCCCCCCCCCCCC(=O)OCC(COC(=O)CCCCCCCCCCCCCC)OC(=O)CCCCCCCCCCCCCC.